The maximum absolute atomic E-state index is 13.1. The van der Waals surface area contributed by atoms with Gasteiger partial charge >= 0.3 is 0 Å². The van der Waals surface area contributed by atoms with Gasteiger partial charge in [-0.15, -0.1) is 0 Å². The first-order valence-electron chi connectivity index (χ1n) is 10.3. The van der Waals surface area contributed by atoms with E-state index in [0.717, 1.165) is 46.7 Å². The molecule has 2 aromatic rings. The largest absolute Gasteiger partial charge is 0.494 e. The number of rotatable bonds is 8. The Bertz CT molecular complexity index is 890. The van der Waals surface area contributed by atoms with Crippen molar-refractivity contribution in [2.45, 2.75) is 59.5 Å². The molecule has 1 N–H and O–H groups in total. The minimum atomic E-state index is -0.623. The van der Waals surface area contributed by atoms with Gasteiger partial charge in [-0.1, -0.05) is 49.6 Å². The van der Waals surface area contributed by atoms with E-state index in [-0.39, 0.29) is 11.8 Å². The van der Waals surface area contributed by atoms with Crippen molar-refractivity contribution in [3.63, 3.8) is 0 Å². The second-order valence-electron chi connectivity index (χ2n) is 7.78. The van der Waals surface area contributed by atoms with Crippen molar-refractivity contribution in [3.8, 4) is 5.75 Å². The van der Waals surface area contributed by atoms with Gasteiger partial charge in [0.05, 0.1) is 18.8 Å². The molecule has 5 heteroatoms. The molecule has 0 bridgehead atoms. The number of aryl methyl sites for hydroxylation is 2. The minimum Gasteiger partial charge on any atom is -0.494 e. The Morgan fingerprint density at radius 1 is 1.14 bits per heavy atom. The second-order valence-corrected chi connectivity index (χ2v) is 7.78. The highest BCUT2D eigenvalue weighted by Crippen LogP contribution is 2.40. The number of nitrogens with zero attached hydrogens (tertiary/aromatic N) is 1. The fourth-order valence-electron chi connectivity index (χ4n) is 3.90. The van der Waals surface area contributed by atoms with E-state index in [4.69, 9.17) is 4.74 Å². The van der Waals surface area contributed by atoms with E-state index in [1.807, 2.05) is 44.2 Å². The molecule has 0 aliphatic carbocycles. The van der Waals surface area contributed by atoms with Crippen LogP contribution in [0, 0.1) is 13.8 Å². The molecule has 1 aliphatic heterocycles. The normalized spacial score (nSPS) is 15.4. The molecule has 29 heavy (non-hydrogen) atoms. The Balaban J connectivity index is 1.79. The van der Waals surface area contributed by atoms with Crippen LogP contribution in [0.15, 0.2) is 36.4 Å². The summed E-state index contributed by atoms with van der Waals surface area (Å²) in [5.41, 5.74) is 4.92. The number of hydrogen-bond donors (Lipinski definition) is 1. The zero-order valence-corrected chi connectivity index (χ0v) is 17.7. The summed E-state index contributed by atoms with van der Waals surface area (Å²) in [7, 11) is 0. The third-order valence-corrected chi connectivity index (χ3v) is 5.20. The van der Waals surface area contributed by atoms with Crippen LogP contribution in [0.3, 0.4) is 0 Å². The lowest BCUT2D eigenvalue weighted by Crippen LogP contribution is -2.36. The van der Waals surface area contributed by atoms with E-state index in [1.165, 1.54) is 19.8 Å². The Morgan fingerprint density at radius 3 is 2.52 bits per heavy atom. The number of anilines is 1. The highest BCUT2D eigenvalue weighted by atomic mass is 16.5. The topological polar surface area (TPSA) is 58.6 Å². The summed E-state index contributed by atoms with van der Waals surface area (Å²) in [6.07, 6.45) is 3.40. The number of benzene rings is 2. The van der Waals surface area contributed by atoms with Crippen molar-refractivity contribution < 1.29 is 14.3 Å². The van der Waals surface area contributed by atoms with Crippen molar-refractivity contribution in [2.75, 3.05) is 11.5 Å². The number of ether oxygens (including phenoxy) is 1. The number of amides is 2. The molecular weight excluding hydrogens is 364 g/mol. The molecule has 0 radical (unpaired) electrons. The molecule has 5 nitrogen and oxygen atoms in total. The van der Waals surface area contributed by atoms with Gasteiger partial charge in [-0.3, -0.25) is 9.59 Å². The number of nitrogens with one attached hydrogen (secondary N) is 1. The standard InChI is InChI=1S/C24H30N2O3/c1-5-6-7-12-29-20-10-8-19(9-11-20)15-26-23-17(3)13-16(2)14-21(23)22(24(26)28)25-18(4)27/h8-11,13-14,22H,5-7,12,15H2,1-4H3,(H,25,27). The summed E-state index contributed by atoms with van der Waals surface area (Å²) in [6, 6.07) is 11.3. The Morgan fingerprint density at radius 2 is 1.86 bits per heavy atom. The van der Waals surface area contributed by atoms with E-state index in [2.05, 4.69) is 18.3 Å². The van der Waals surface area contributed by atoms with Gasteiger partial charge in [0.2, 0.25) is 5.91 Å². The van der Waals surface area contributed by atoms with Gasteiger partial charge in [0.15, 0.2) is 0 Å². The molecule has 3 rings (SSSR count). The van der Waals surface area contributed by atoms with Gasteiger partial charge in [-0.05, 0) is 43.5 Å². The quantitative estimate of drug-likeness (QED) is 0.666. The van der Waals surface area contributed by atoms with E-state index in [9.17, 15) is 9.59 Å². The monoisotopic (exact) mass is 394 g/mol. The van der Waals surface area contributed by atoms with E-state index in [0.29, 0.717) is 6.54 Å². The molecule has 0 saturated carbocycles. The van der Waals surface area contributed by atoms with Gasteiger partial charge in [0, 0.05) is 12.5 Å². The van der Waals surface area contributed by atoms with Crippen LogP contribution in [0.25, 0.3) is 0 Å². The molecular formula is C24H30N2O3. The van der Waals surface area contributed by atoms with E-state index in [1.54, 1.807) is 4.90 Å². The Hall–Kier alpha value is -2.82. The summed E-state index contributed by atoms with van der Waals surface area (Å²) < 4.78 is 5.78. The SMILES string of the molecule is CCCCCOc1ccc(CN2C(=O)C(NC(C)=O)c3cc(C)cc(C)c32)cc1. The van der Waals surface area contributed by atoms with Crippen LogP contribution in [0.2, 0.25) is 0 Å². The molecule has 0 aromatic heterocycles. The highest BCUT2D eigenvalue weighted by molar-refractivity contribution is 6.06. The number of carbonyl (C=O) groups is 2. The van der Waals surface area contributed by atoms with E-state index < -0.39 is 6.04 Å². The van der Waals surface area contributed by atoms with Crippen molar-refractivity contribution in [1.82, 2.24) is 5.32 Å². The van der Waals surface area contributed by atoms with Gasteiger partial charge in [-0.2, -0.15) is 0 Å². The maximum atomic E-state index is 13.1. The van der Waals surface area contributed by atoms with Crippen LogP contribution < -0.4 is 15.0 Å². The first-order valence-corrected chi connectivity index (χ1v) is 10.3. The lowest BCUT2D eigenvalue weighted by atomic mass is 10.0. The summed E-state index contributed by atoms with van der Waals surface area (Å²) in [5.74, 6) is 0.546. The zero-order chi connectivity index (χ0) is 21.0. The summed E-state index contributed by atoms with van der Waals surface area (Å²) in [6.45, 7) is 8.81. The lowest BCUT2D eigenvalue weighted by molar-refractivity contribution is -0.126. The van der Waals surface area contributed by atoms with Crippen molar-refractivity contribution in [2.24, 2.45) is 0 Å². The first kappa shape index (κ1) is 20.9. The van der Waals surface area contributed by atoms with Crippen molar-refractivity contribution in [1.29, 1.82) is 0 Å². The van der Waals surface area contributed by atoms with Crippen LogP contribution in [-0.4, -0.2) is 18.4 Å². The molecule has 0 spiro atoms. The minimum absolute atomic E-state index is 0.0937. The molecule has 154 valence electrons. The van der Waals surface area contributed by atoms with E-state index >= 15 is 0 Å². The molecule has 1 heterocycles. The van der Waals surface area contributed by atoms with Crippen LogP contribution in [0.4, 0.5) is 5.69 Å². The number of fused-ring (bicyclic) bond motifs is 1. The third-order valence-electron chi connectivity index (χ3n) is 5.20. The molecule has 1 aliphatic rings. The summed E-state index contributed by atoms with van der Waals surface area (Å²) in [4.78, 5) is 26.6. The fourth-order valence-corrected chi connectivity index (χ4v) is 3.90. The number of hydrogen-bond acceptors (Lipinski definition) is 3. The lowest BCUT2D eigenvalue weighted by Gasteiger charge is -2.20. The first-order chi connectivity index (χ1) is 13.9. The summed E-state index contributed by atoms with van der Waals surface area (Å²) in [5, 5.41) is 2.81. The average molecular weight is 395 g/mol. The predicted molar refractivity (Wildman–Crippen MR) is 115 cm³/mol. The molecule has 2 aromatic carbocycles. The summed E-state index contributed by atoms with van der Waals surface area (Å²) >= 11 is 0. The van der Waals surface area contributed by atoms with Gasteiger partial charge in [0.1, 0.15) is 11.8 Å². The zero-order valence-electron chi connectivity index (χ0n) is 17.7. The smallest absolute Gasteiger partial charge is 0.254 e. The number of unbranched alkanes of at least 4 members (excludes halogenated alkanes) is 2. The van der Waals surface area contributed by atoms with Crippen LogP contribution >= 0.6 is 0 Å². The van der Waals surface area contributed by atoms with Gasteiger partial charge in [-0.25, -0.2) is 0 Å². The highest BCUT2D eigenvalue weighted by Gasteiger charge is 2.38. The maximum Gasteiger partial charge on any atom is 0.254 e. The second kappa shape index (κ2) is 9.12. The van der Waals surface area contributed by atoms with Crippen LogP contribution in [0.5, 0.6) is 5.75 Å². The molecule has 0 saturated heterocycles. The Kier molecular flexibility index (Phi) is 6.57. The van der Waals surface area contributed by atoms with Gasteiger partial charge < -0.3 is 15.0 Å². The molecule has 0 fully saturated rings. The van der Waals surface area contributed by atoms with Crippen LogP contribution in [0.1, 0.15) is 61.4 Å². The molecule has 2 amide bonds. The van der Waals surface area contributed by atoms with Crippen molar-refractivity contribution in [3.05, 3.63) is 58.7 Å². The predicted octanol–water partition coefficient (Wildman–Crippen LogP) is 4.60. The fraction of sp³-hybridized carbons (Fsp3) is 0.417. The third kappa shape index (κ3) is 4.78. The van der Waals surface area contributed by atoms with Crippen molar-refractivity contribution >= 4 is 17.5 Å². The van der Waals surface area contributed by atoms with Crippen LogP contribution in [-0.2, 0) is 16.1 Å². The van der Waals surface area contributed by atoms with Gasteiger partial charge in [0.25, 0.3) is 5.91 Å². The number of carbonyl (C=O) groups excluding carboxylic acids is 2. The molecule has 1 atom stereocenters. The average Bonchev–Trinajstić information content (AvgIpc) is 2.92. The molecule has 1 unspecified atom stereocenters. The Labute approximate surface area is 173 Å².